The SMILES string of the molecule is O=[13c]1cc[15nH][13c](=O)[15nH]1. The number of aromatic nitrogens is 2. The van der Waals surface area contributed by atoms with Gasteiger partial charge in [0.25, 0.3) is 5.56 Å². The Hall–Kier alpha value is -1.32. The highest BCUT2D eigenvalue weighted by Crippen LogP contribution is 1.51. The van der Waals surface area contributed by atoms with Crippen LogP contribution in [0.4, 0.5) is 0 Å². The molecular weight excluding hydrogens is 112 g/mol. The average molecular weight is 116 g/mol. The number of aromatic amines is 2. The fourth-order valence-electron chi connectivity index (χ4n) is 0.383. The predicted molar refractivity (Wildman–Crippen MR) is 27.7 cm³/mol. The Morgan fingerprint density at radius 1 is 1.38 bits per heavy atom. The van der Waals surface area contributed by atoms with Crippen molar-refractivity contribution < 1.29 is 0 Å². The van der Waals surface area contributed by atoms with E-state index in [1.807, 2.05) is 4.98 Å². The zero-order valence-corrected chi connectivity index (χ0v) is 3.97. The quantitative estimate of drug-likeness (QED) is 0.459. The molecule has 42 valence electrons. The van der Waals surface area contributed by atoms with E-state index in [0.717, 1.165) is 0 Å². The molecule has 1 aromatic rings. The number of hydrogen-bond donors (Lipinski definition) is 2. The second-order valence-electron chi connectivity index (χ2n) is 1.30. The van der Waals surface area contributed by atoms with Crippen molar-refractivity contribution in [1.29, 1.82) is 0 Å². The molecule has 0 aromatic carbocycles. The largest absolute Gasteiger partial charge is 0.325 e. The zero-order valence-electron chi connectivity index (χ0n) is 3.97. The van der Waals surface area contributed by atoms with Crippen LogP contribution in [0.3, 0.4) is 0 Å². The summed E-state index contributed by atoms with van der Waals surface area (Å²) in [6.45, 7) is 0. The molecule has 1 aromatic heterocycles. The van der Waals surface area contributed by atoms with E-state index in [1.54, 1.807) is 0 Å². The van der Waals surface area contributed by atoms with E-state index in [2.05, 4.69) is 4.98 Å². The Morgan fingerprint density at radius 3 is 2.50 bits per heavy atom. The van der Waals surface area contributed by atoms with Crippen LogP contribution in [0.5, 0.6) is 0 Å². The summed E-state index contributed by atoms with van der Waals surface area (Å²) >= 11 is 0. The lowest BCUT2D eigenvalue weighted by molar-refractivity contribution is 1.04. The van der Waals surface area contributed by atoms with Crippen LogP contribution >= 0.6 is 0 Å². The van der Waals surface area contributed by atoms with Gasteiger partial charge < -0.3 is 4.98 Å². The normalized spacial score (nSPS) is 9.00. The monoisotopic (exact) mass is 116 g/mol. The number of nitrogens with one attached hydrogen (secondary N) is 2. The third-order valence-corrected chi connectivity index (χ3v) is 0.686. The summed E-state index contributed by atoms with van der Waals surface area (Å²) in [6, 6.07) is 1.24. The van der Waals surface area contributed by atoms with E-state index in [0.29, 0.717) is 0 Å². The van der Waals surface area contributed by atoms with Gasteiger partial charge in [-0.2, -0.15) is 0 Å². The van der Waals surface area contributed by atoms with E-state index in [1.165, 1.54) is 12.3 Å². The molecule has 0 amide bonds. The van der Waals surface area contributed by atoms with Crippen molar-refractivity contribution >= 4 is 0 Å². The molecule has 0 bridgehead atoms. The van der Waals surface area contributed by atoms with Gasteiger partial charge in [-0.3, -0.25) is 9.78 Å². The van der Waals surface area contributed by atoms with Crippen LogP contribution in [0.2, 0.25) is 0 Å². The third-order valence-electron chi connectivity index (χ3n) is 0.686. The fraction of sp³-hybridized carbons (Fsp3) is 0. The number of rotatable bonds is 0. The molecule has 0 saturated carbocycles. The molecule has 0 aliphatic rings. The topological polar surface area (TPSA) is 65.7 Å². The summed E-state index contributed by atoms with van der Waals surface area (Å²) in [7, 11) is 0. The molecular formula is C4H4N2O2. The highest BCUT2D eigenvalue weighted by atomic mass is 16.3. The molecule has 0 fully saturated rings. The second-order valence-corrected chi connectivity index (χ2v) is 1.30. The van der Waals surface area contributed by atoms with Gasteiger partial charge in [-0.15, -0.1) is 0 Å². The molecule has 2 N–H and O–H groups in total. The fourth-order valence-corrected chi connectivity index (χ4v) is 0.383. The zero-order chi connectivity index (χ0) is 5.98. The first-order chi connectivity index (χ1) is 3.79. The van der Waals surface area contributed by atoms with Gasteiger partial charge in [0, 0.05) is 12.3 Å². The smallest absolute Gasteiger partial charge is 0.314 e. The Balaban J connectivity index is 3.50. The van der Waals surface area contributed by atoms with Gasteiger partial charge in [-0.1, -0.05) is 0 Å². The summed E-state index contributed by atoms with van der Waals surface area (Å²) in [5, 5.41) is 0. The van der Waals surface area contributed by atoms with Crippen LogP contribution in [0.15, 0.2) is 21.9 Å². The standard InChI is InChI=1S/C4H4N2O2/c7-3-1-2-5-4(8)6-3/h1-2H,(H2,5,6,7,8)/i3+1,4+1,5+1,6+1. The van der Waals surface area contributed by atoms with E-state index >= 15 is 0 Å². The van der Waals surface area contributed by atoms with Crippen LogP contribution in [-0.4, -0.2) is 9.97 Å². The van der Waals surface area contributed by atoms with Crippen molar-refractivity contribution in [3.63, 3.8) is 0 Å². The molecule has 0 aliphatic carbocycles. The van der Waals surface area contributed by atoms with Crippen LogP contribution < -0.4 is 11.2 Å². The van der Waals surface area contributed by atoms with Crippen molar-refractivity contribution in [2.75, 3.05) is 0 Å². The molecule has 4 nitrogen and oxygen atoms in total. The van der Waals surface area contributed by atoms with Gasteiger partial charge in [0.1, 0.15) is 0 Å². The van der Waals surface area contributed by atoms with Gasteiger partial charge in [0.15, 0.2) is 0 Å². The first-order valence-corrected chi connectivity index (χ1v) is 2.07. The Bertz CT molecular complexity index is 246. The maximum absolute atomic E-state index is 10.2. The Morgan fingerprint density at radius 2 is 2.12 bits per heavy atom. The first-order valence-electron chi connectivity index (χ1n) is 2.07. The average Bonchev–Trinajstić information content (AvgIpc) is 1.64. The lowest BCUT2D eigenvalue weighted by atomic mass is 10.9. The highest BCUT2D eigenvalue weighted by molar-refractivity contribution is 4.77. The minimum atomic E-state index is -0.475. The van der Waals surface area contributed by atoms with Crippen molar-refractivity contribution in [3.05, 3.63) is 33.1 Å². The lowest BCUT2D eigenvalue weighted by Gasteiger charge is -1.75. The summed E-state index contributed by atoms with van der Waals surface area (Å²) in [6.07, 6.45) is 1.29. The summed E-state index contributed by atoms with van der Waals surface area (Å²) < 4.78 is 0. The van der Waals surface area contributed by atoms with Gasteiger partial charge in [-0.25, -0.2) is 4.79 Å². The van der Waals surface area contributed by atoms with Crippen molar-refractivity contribution in [1.82, 2.24) is 9.97 Å². The molecule has 0 unspecified atom stereocenters. The molecule has 8 heavy (non-hydrogen) atoms. The first kappa shape index (κ1) is 4.83. The van der Waals surface area contributed by atoms with Gasteiger partial charge in [0.05, 0.1) is 0 Å². The summed E-state index contributed by atoms with van der Waals surface area (Å²) in [4.78, 5) is 24.7. The molecule has 0 spiro atoms. The molecule has 0 atom stereocenters. The van der Waals surface area contributed by atoms with Gasteiger partial charge in [0.2, 0.25) is 0 Å². The van der Waals surface area contributed by atoms with Gasteiger partial charge >= 0.3 is 5.69 Å². The van der Waals surface area contributed by atoms with Crippen LogP contribution in [0, 0.1) is 0 Å². The van der Waals surface area contributed by atoms with Crippen molar-refractivity contribution in [2.45, 2.75) is 0 Å². The van der Waals surface area contributed by atoms with E-state index in [4.69, 9.17) is 0 Å². The predicted octanol–water partition coefficient (Wildman–Crippen LogP) is -0.937. The third kappa shape index (κ3) is 0.841. The maximum Gasteiger partial charge on any atom is 0.325 e. The van der Waals surface area contributed by atoms with Crippen LogP contribution in [-0.2, 0) is 0 Å². The minimum Gasteiger partial charge on any atom is -0.314 e. The van der Waals surface area contributed by atoms with Crippen LogP contribution in [0.25, 0.3) is 0 Å². The minimum absolute atomic E-state index is 0.381. The maximum atomic E-state index is 10.2. The van der Waals surface area contributed by atoms with E-state index in [9.17, 15) is 9.59 Å². The Kier molecular flexibility index (Phi) is 0.997. The molecule has 0 radical (unpaired) electrons. The Labute approximate surface area is 44.2 Å². The van der Waals surface area contributed by atoms with Crippen LogP contribution in [0.1, 0.15) is 0 Å². The number of H-pyrrole nitrogens is 2. The molecule has 1 heterocycles. The second kappa shape index (κ2) is 1.65. The van der Waals surface area contributed by atoms with Crippen molar-refractivity contribution in [2.24, 2.45) is 0 Å². The van der Waals surface area contributed by atoms with E-state index in [-0.39, 0.29) is 5.56 Å². The molecule has 4 heteroatoms. The lowest BCUT2D eigenvalue weighted by Crippen LogP contribution is -2.19. The number of hydrogen-bond acceptors (Lipinski definition) is 2. The van der Waals surface area contributed by atoms with E-state index < -0.39 is 5.69 Å². The summed E-state index contributed by atoms with van der Waals surface area (Å²) in [5.41, 5.74) is -0.855. The molecule has 1 rings (SSSR count). The van der Waals surface area contributed by atoms with Gasteiger partial charge in [-0.05, 0) is 0 Å². The highest BCUT2D eigenvalue weighted by Gasteiger charge is 1.77. The molecule has 0 aliphatic heterocycles. The molecule has 0 saturated heterocycles. The van der Waals surface area contributed by atoms with Crippen molar-refractivity contribution in [3.8, 4) is 0 Å². The summed E-state index contributed by atoms with van der Waals surface area (Å²) in [5.74, 6) is 0.